The molecule has 1 N–H and O–H groups in total. The zero-order valence-corrected chi connectivity index (χ0v) is 10.3. The molecule has 1 aromatic carbocycles. The average Bonchev–Trinajstić information content (AvgIpc) is 2.97. The van der Waals surface area contributed by atoms with Gasteiger partial charge in [-0.3, -0.25) is 4.98 Å². The van der Waals surface area contributed by atoms with E-state index in [-0.39, 0.29) is 6.04 Å². The fraction of sp³-hybridized carbons (Fsp3) is 0.0625. The molecular formula is C16H13N3. The van der Waals surface area contributed by atoms with E-state index < -0.39 is 0 Å². The summed E-state index contributed by atoms with van der Waals surface area (Å²) in [7, 11) is 0. The Hall–Kier alpha value is -2.55. The third-order valence-corrected chi connectivity index (χ3v) is 3.56. The third kappa shape index (κ3) is 1.55. The Morgan fingerprint density at radius 1 is 1.00 bits per heavy atom. The average molecular weight is 247 g/mol. The van der Waals surface area contributed by atoms with Crippen molar-refractivity contribution >= 4 is 5.69 Å². The van der Waals surface area contributed by atoms with Crippen LogP contribution in [0.3, 0.4) is 0 Å². The molecule has 19 heavy (non-hydrogen) atoms. The van der Waals surface area contributed by atoms with Crippen LogP contribution in [0.15, 0.2) is 67.1 Å². The normalized spacial score (nSPS) is 16.3. The molecule has 1 aliphatic heterocycles. The van der Waals surface area contributed by atoms with E-state index in [1.54, 1.807) is 6.20 Å². The molecule has 1 atom stereocenters. The summed E-state index contributed by atoms with van der Waals surface area (Å²) in [4.78, 5) is 4.22. The molecule has 3 aromatic rings. The van der Waals surface area contributed by atoms with Gasteiger partial charge in [-0.1, -0.05) is 18.2 Å². The third-order valence-electron chi connectivity index (χ3n) is 3.56. The Morgan fingerprint density at radius 3 is 2.84 bits per heavy atom. The van der Waals surface area contributed by atoms with E-state index in [0.29, 0.717) is 0 Å². The summed E-state index contributed by atoms with van der Waals surface area (Å²) >= 11 is 0. The number of rotatable bonds is 1. The highest BCUT2D eigenvalue weighted by molar-refractivity contribution is 5.66. The molecule has 0 unspecified atom stereocenters. The fourth-order valence-electron chi connectivity index (χ4n) is 2.68. The van der Waals surface area contributed by atoms with Crippen molar-refractivity contribution in [3.05, 3.63) is 78.4 Å². The molecule has 0 saturated carbocycles. The number of benzene rings is 1. The van der Waals surface area contributed by atoms with Gasteiger partial charge in [-0.15, -0.1) is 0 Å². The van der Waals surface area contributed by atoms with Gasteiger partial charge in [-0.2, -0.15) is 0 Å². The molecule has 0 spiro atoms. The second kappa shape index (κ2) is 3.99. The van der Waals surface area contributed by atoms with E-state index >= 15 is 0 Å². The van der Waals surface area contributed by atoms with Crippen molar-refractivity contribution in [2.24, 2.45) is 0 Å². The smallest absolute Gasteiger partial charge is 0.0938 e. The minimum absolute atomic E-state index is 0.151. The molecule has 0 bridgehead atoms. The van der Waals surface area contributed by atoms with Gasteiger partial charge < -0.3 is 9.88 Å². The molecular weight excluding hydrogens is 234 g/mol. The largest absolute Gasteiger partial charge is 0.371 e. The first-order chi connectivity index (χ1) is 9.43. The number of anilines is 1. The van der Waals surface area contributed by atoms with Crippen molar-refractivity contribution in [3.8, 4) is 5.69 Å². The minimum Gasteiger partial charge on any atom is -0.371 e. The summed E-state index contributed by atoms with van der Waals surface area (Å²) in [5.41, 5.74) is 4.77. The molecule has 2 aromatic heterocycles. The second-order valence-electron chi connectivity index (χ2n) is 4.68. The van der Waals surface area contributed by atoms with E-state index in [0.717, 1.165) is 5.69 Å². The van der Waals surface area contributed by atoms with Crippen LogP contribution < -0.4 is 5.32 Å². The predicted molar refractivity (Wildman–Crippen MR) is 75.5 cm³/mol. The van der Waals surface area contributed by atoms with E-state index in [1.807, 2.05) is 12.3 Å². The first-order valence-corrected chi connectivity index (χ1v) is 6.36. The first kappa shape index (κ1) is 10.4. The number of nitrogens with one attached hydrogen (secondary N) is 1. The molecule has 3 heteroatoms. The van der Waals surface area contributed by atoms with Gasteiger partial charge in [0, 0.05) is 24.3 Å². The van der Waals surface area contributed by atoms with Crippen LogP contribution in [0.1, 0.15) is 17.3 Å². The number of fused-ring (bicyclic) bond motifs is 3. The Kier molecular flexibility index (Phi) is 2.18. The van der Waals surface area contributed by atoms with Crippen LogP contribution in [-0.2, 0) is 0 Å². The highest BCUT2D eigenvalue weighted by Crippen LogP contribution is 2.36. The predicted octanol–water partition coefficient (Wildman–Crippen LogP) is 3.39. The number of hydrogen-bond acceptors (Lipinski definition) is 2. The zero-order chi connectivity index (χ0) is 12.7. The zero-order valence-electron chi connectivity index (χ0n) is 10.3. The summed E-state index contributed by atoms with van der Waals surface area (Å²) in [5.74, 6) is 0. The lowest BCUT2D eigenvalue weighted by molar-refractivity contribution is 0.805. The number of nitrogens with zero attached hydrogens (tertiary/aromatic N) is 2. The molecule has 4 rings (SSSR count). The maximum absolute atomic E-state index is 4.22. The van der Waals surface area contributed by atoms with Crippen LogP contribution in [0.2, 0.25) is 0 Å². The van der Waals surface area contributed by atoms with Crippen molar-refractivity contribution in [3.63, 3.8) is 0 Å². The summed E-state index contributed by atoms with van der Waals surface area (Å²) in [6, 6.07) is 16.8. The maximum Gasteiger partial charge on any atom is 0.0938 e. The summed E-state index contributed by atoms with van der Waals surface area (Å²) < 4.78 is 2.24. The van der Waals surface area contributed by atoms with Crippen LogP contribution in [-0.4, -0.2) is 9.55 Å². The molecule has 0 aliphatic carbocycles. The number of pyridine rings is 1. The molecule has 3 heterocycles. The van der Waals surface area contributed by atoms with Gasteiger partial charge in [0.05, 0.1) is 17.4 Å². The van der Waals surface area contributed by atoms with Gasteiger partial charge >= 0.3 is 0 Å². The molecule has 0 amide bonds. The first-order valence-electron chi connectivity index (χ1n) is 6.36. The van der Waals surface area contributed by atoms with Crippen molar-refractivity contribution in [1.82, 2.24) is 9.55 Å². The van der Waals surface area contributed by atoms with Crippen LogP contribution in [0.25, 0.3) is 5.69 Å². The van der Waals surface area contributed by atoms with Gasteiger partial charge in [0.25, 0.3) is 0 Å². The molecule has 0 radical (unpaired) electrons. The lowest BCUT2D eigenvalue weighted by Crippen LogP contribution is -2.21. The van der Waals surface area contributed by atoms with Gasteiger partial charge in [0.1, 0.15) is 0 Å². The minimum atomic E-state index is 0.151. The summed E-state index contributed by atoms with van der Waals surface area (Å²) in [5, 5.41) is 3.59. The standard InChI is InChI=1S/C16H13N3/c1-2-7-14-13(6-1)18-16(12-5-3-9-17-11-12)15-8-4-10-19(14)15/h1-11,16,18H/t16-/m1/s1. The van der Waals surface area contributed by atoms with Crippen LogP contribution in [0.5, 0.6) is 0 Å². The number of hydrogen-bond donors (Lipinski definition) is 1. The Bertz CT molecular complexity index is 716. The number of para-hydroxylation sites is 2. The second-order valence-corrected chi connectivity index (χ2v) is 4.68. The Labute approximate surface area is 111 Å². The van der Waals surface area contributed by atoms with Gasteiger partial charge in [0.2, 0.25) is 0 Å². The van der Waals surface area contributed by atoms with Gasteiger partial charge in [-0.25, -0.2) is 0 Å². The SMILES string of the molecule is c1cncc([C@H]2Nc3ccccc3-n3cccc32)c1. The lowest BCUT2D eigenvalue weighted by Gasteiger charge is -2.29. The van der Waals surface area contributed by atoms with E-state index in [9.17, 15) is 0 Å². The number of aromatic nitrogens is 2. The molecule has 3 nitrogen and oxygen atoms in total. The molecule has 0 saturated heterocycles. The van der Waals surface area contributed by atoms with E-state index in [1.165, 1.54) is 16.9 Å². The summed E-state index contributed by atoms with van der Waals surface area (Å²) in [6.45, 7) is 0. The van der Waals surface area contributed by atoms with Crippen molar-refractivity contribution in [1.29, 1.82) is 0 Å². The van der Waals surface area contributed by atoms with Crippen molar-refractivity contribution < 1.29 is 0 Å². The highest BCUT2D eigenvalue weighted by atomic mass is 15.1. The summed E-state index contributed by atoms with van der Waals surface area (Å²) in [6.07, 6.45) is 5.83. The molecule has 1 aliphatic rings. The highest BCUT2D eigenvalue weighted by Gasteiger charge is 2.24. The van der Waals surface area contributed by atoms with E-state index in [2.05, 4.69) is 63.5 Å². The maximum atomic E-state index is 4.22. The van der Waals surface area contributed by atoms with Crippen LogP contribution in [0.4, 0.5) is 5.69 Å². The molecule has 0 fully saturated rings. The van der Waals surface area contributed by atoms with Crippen LogP contribution >= 0.6 is 0 Å². The molecule has 92 valence electrons. The lowest BCUT2D eigenvalue weighted by atomic mass is 10.0. The van der Waals surface area contributed by atoms with E-state index in [4.69, 9.17) is 0 Å². The fourth-order valence-corrected chi connectivity index (χ4v) is 2.68. The van der Waals surface area contributed by atoms with Gasteiger partial charge in [0.15, 0.2) is 0 Å². The van der Waals surface area contributed by atoms with Gasteiger partial charge in [-0.05, 0) is 35.9 Å². The Morgan fingerprint density at radius 2 is 1.95 bits per heavy atom. The Balaban J connectivity index is 1.91. The van der Waals surface area contributed by atoms with Crippen molar-refractivity contribution in [2.75, 3.05) is 5.32 Å². The quantitative estimate of drug-likeness (QED) is 0.714. The van der Waals surface area contributed by atoms with Crippen LogP contribution in [0, 0.1) is 0 Å². The monoisotopic (exact) mass is 247 g/mol. The topological polar surface area (TPSA) is 29.9 Å². The van der Waals surface area contributed by atoms with Crippen molar-refractivity contribution in [2.45, 2.75) is 6.04 Å².